The third-order valence-corrected chi connectivity index (χ3v) is 7.57. The molecule has 4 atom stereocenters. The number of nitrogens with zero attached hydrogens (tertiary/aromatic N) is 3. The maximum atomic E-state index is 15.3. The molecule has 2 N–H and O–H groups in total. The molecule has 42 heavy (non-hydrogen) atoms. The maximum Gasteiger partial charge on any atom is 0.419 e. The van der Waals surface area contributed by atoms with Gasteiger partial charge in [0.15, 0.2) is 5.58 Å². The van der Waals surface area contributed by atoms with Crippen molar-refractivity contribution < 1.29 is 27.8 Å². The zero-order chi connectivity index (χ0) is 30.2. The van der Waals surface area contributed by atoms with Crippen molar-refractivity contribution in [3.63, 3.8) is 0 Å². The second-order valence-corrected chi connectivity index (χ2v) is 10.5. The van der Waals surface area contributed by atoms with Crippen LogP contribution in [-0.4, -0.2) is 93.8 Å². The number of nitriles is 1. The fourth-order valence-corrected chi connectivity index (χ4v) is 4.87. The number of likely N-dealkylation sites (N-methyl/N-ethyl adjacent to an activating group) is 1. The van der Waals surface area contributed by atoms with Crippen LogP contribution in [0.15, 0.2) is 45.6 Å². The first-order valence-corrected chi connectivity index (χ1v) is 13.9. The van der Waals surface area contributed by atoms with Crippen LogP contribution in [0.2, 0.25) is 0 Å². The van der Waals surface area contributed by atoms with E-state index in [2.05, 4.69) is 15.5 Å². The van der Waals surface area contributed by atoms with Crippen molar-refractivity contribution in [1.82, 2.24) is 20.1 Å². The molecule has 2 aromatic carbocycles. The van der Waals surface area contributed by atoms with Crippen molar-refractivity contribution in [2.75, 3.05) is 54.1 Å². The Balaban J connectivity index is 1.44. The molecule has 0 spiro atoms. The van der Waals surface area contributed by atoms with Crippen LogP contribution in [0, 0.1) is 17.1 Å². The SMILES string of the molecule is COCCN(C)CCn1c(=O)oc2ccc(-c3ccc(CC(C#N)NC(=O)C4CNC(C)C(OC)CO4)c(F)c3)cc21. The summed E-state index contributed by atoms with van der Waals surface area (Å²) in [4.78, 5) is 27.4. The van der Waals surface area contributed by atoms with Gasteiger partial charge in [0.2, 0.25) is 0 Å². The minimum atomic E-state index is -0.945. The highest BCUT2D eigenvalue weighted by Crippen LogP contribution is 2.26. The van der Waals surface area contributed by atoms with E-state index in [1.54, 1.807) is 49.1 Å². The number of benzene rings is 2. The third kappa shape index (κ3) is 7.61. The van der Waals surface area contributed by atoms with E-state index in [0.29, 0.717) is 47.5 Å². The molecular formula is C30H38FN5O6. The predicted octanol–water partition coefficient (Wildman–Crippen LogP) is 1.92. The Kier molecular flexibility index (Phi) is 10.8. The minimum absolute atomic E-state index is 0.00160. The monoisotopic (exact) mass is 583 g/mol. The Labute approximate surface area is 244 Å². The summed E-state index contributed by atoms with van der Waals surface area (Å²) in [6.45, 7) is 4.82. The largest absolute Gasteiger partial charge is 0.419 e. The first-order valence-electron chi connectivity index (χ1n) is 13.9. The van der Waals surface area contributed by atoms with Crippen molar-refractivity contribution in [1.29, 1.82) is 5.26 Å². The van der Waals surface area contributed by atoms with Crippen LogP contribution in [0.3, 0.4) is 0 Å². The second-order valence-electron chi connectivity index (χ2n) is 10.5. The lowest BCUT2D eigenvalue weighted by molar-refractivity contribution is -0.133. The van der Waals surface area contributed by atoms with Crippen LogP contribution in [0.5, 0.6) is 0 Å². The van der Waals surface area contributed by atoms with Crippen molar-refractivity contribution in [3.05, 3.63) is 58.3 Å². The molecule has 1 fully saturated rings. The fraction of sp³-hybridized carbons (Fsp3) is 0.500. The number of carbonyl (C=O) groups excluding carboxylic acids is 1. The van der Waals surface area contributed by atoms with Gasteiger partial charge in [-0.05, 0) is 48.9 Å². The van der Waals surface area contributed by atoms with Gasteiger partial charge in [-0.25, -0.2) is 9.18 Å². The minimum Gasteiger partial charge on any atom is -0.408 e. The Hall–Kier alpha value is -3.60. The van der Waals surface area contributed by atoms with Crippen LogP contribution in [-0.2, 0) is 32.0 Å². The normalized spacial score (nSPS) is 19.9. The lowest BCUT2D eigenvalue weighted by Crippen LogP contribution is -2.46. The van der Waals surface area contributed by atoms with E-state index in [0.717, 1.165) is 6.54 Å². The molecule has 4 rings (SSSR count). The number of hydrogen-bond donors (Lipinski definition) is 2. The number of halogens is 1. The van der Waals surface area contributed by atoms with Gasteiger partial charge in [-0.3, -0.25) is 9.36 Å². The summed E-state index contributed by atoms with van der Waals surface area (Å²) in [5.41, 5.74) is 2.68. The molecule has 0 aliphatic carbocycles. The lowest BCUT2D eigenvalue weighted by atomic mass is 10.00. The molecule has 1 aromatic heterocycles. The molecule has 0 radical (unpaired) electrons. The zero-order valence-electron chi connectivity index (χ0n) is 24.4. The van der Waals surface area contributed by atoms with Gasteiger partial charge in [-0.2, -0.15) is 5.26 Å². The first kappa shape index (κ1) is 31.3. The lowest BCUT2D eigenvalue weighted by Gasteiger charge is -2.19. The van der Waals surface area contributed by atoms with Crippen LogP contribution in [0.4, 0.5) is 4.39 Å². The summed E-state index contributed by atoms with van der Waals surface area (Å²) in [6, 6.07) is 11.1. The summed E-state index contributed by atoms with van der Waals surface area (Å²) in [7, 11) is 5.17. The van der Waals surface area contributed by atoms with Gasteiger partial charge < -0.3 is 34.2 Å². The number of fused-ring (bicyclic) bond motifs is 1. The molecule has 226 valence electrons. The van der Waals surface area contributed by atoms with E-state index in [9.17, 15) is 14.9 Å². The Morgan fingerprint density at radius 2 is 2.02 bits per heavy atom. The van der Waals surface area contributed by atoms with Gasteiger partial charge in [-0.15, -0.1) is 0 Å². The topological polar surface area (TPSA) is 131 Å². The summed E-state index contributed by atoms with van der Waals surface area (Å²) < 4.78 is 38.4. The predicted molar refractivity (Wildman–Crippen MR) is 154 cm³/mol. The molecule has 1 amide bonds. The van der Waals surface area contributed by atoms with Crippen molar-refractivity contribution in [3.8, 4) is 17.2 Å². The number of methoxy groups -OCH3 is 2. The number of oxazole rings is 1. The number of nitrogens with one attached hydrogen (secondary N) is 2. The molecule has 11 nitrogen and oxygen atoms in total. The fourth-order valence-electron chi connectivity index (χ4n) is 4.87. The summed E-state index contributed by atoms with van der Waals surface area (Å²) in [5.74, 6) is -1.40. The molecule has 12 heteroatoms. The molecule has 4 unspecified atom stereocenters. The second kappa shape index (κ2) is 14.5. The number of ether oxygens (including phenoxy) is 3. The van der Waals surface area contributed by atoms with Gasteiger partial charge in [-0.1, -0.05) is 18.2 Å². The quantitative estimate of drug-likeness (QED) is 0.328. The smallest absolute Gasteiger partial charge is 0.408 e. The van der Waals surface area contributed by atoms with Crippen LogP contribution in [0.1, 0.15) is 12.5 Å². The van der Waals surface area contributed by atoms with Gasteiger partial charge in [0.1, 0.15) is 18.0 Å². The Morgan fingerprint density at radius 3 is 2.74 bits per heavy atom. The van der Waals surface area contributed by atoms with E-state index < -0.39 is 29.6 Å². The Morgan fingerprint density at radius 1 is 1.26 bits per heavy atom. The number of rotatable bonds is 12. The van der Waals surface area contributed by atoms with E-state index in [1.165, 1.54) is 6.07 Å². The van der Waals surface area contributed by atoms with E-state index in [4.69, 9.17) is 18.6 Å². The van der Waals surface area contributed by atoms with Crippen molar-refractivity contribution in [2.24, 2.45) is 0 Å². The highest BCUT2D eigenvalue weighted by Gasteiger charge is 2.29. The van der Waals surface area contributed by atoms with Crippen molar-refractivity contribution in [2.45, 2.75) is 44.2 Å². The maximum absolute atomic E-state index is 15.3. The number of aromatic nitrogens is 1. The van der Waals surface area contributed by atoms with E-state index in [1.807, 2.05) is 20.0 Å². The highest BCUT2D eigenvalue weighted by atomic mass is 19.1. The third-order valence-electron chi connectivity index (χ3n) is 7.57. The van der Waals surface area contributed by atoms with Gasteiger partial charge in [0.25, 0.3) is 5.91 Å². The average molecular weight is 584 g/mol. The molecule has 0 bridgehead atoms. The first-order chi connectivity index (χ1) is 20.2. The van der Waals surface area contributed by atoms with Crippen LogP contribution >= 0.6 is 0 Å². The number of carbonyl (C=O) groups is 1. The summed E-state index contributed by atoms with van der Waals surface area (Å²) in [6.07, 6.45) is -1.00. The molecule has 1 aliphatic heterocycles. The van der Waals surface area contributed by atoms with E-state index in [-0.39, 0.29) is 31.7 Å². The van der Waals surface area contributed by atoms with Crippen LogP contribution in [0.25, 0.3) is 22.2 Å². The molecule has 0 saturated carbocycles. The van der Waals surface area contributed by atoms with E-state index >= 15 is 4.39 Å². The van der Waals surface area contributed by atoms with Crippen molar-refractivity contribution >= 4 is 17.0 Å². The molecule has 3 aromatic rings. The average Bonchev–Trinajstić information content (AvgIpc) is 3.17. The van der Waals surface area contributed by atoms with Gasteiger partial charge in [0, 0.05) is 52.9 Å². The van der Waals surface area contributed by atoms with Gasteiger partial charge >= 0.3 is 5.76 Å². The molecule has 1 aliphatic rings. The number of amides is 1. The Bertz CT molecular complexity index is 1470. The highest BCUT2D eigenvalue weighted by molar-refractivity contribution is 5.82. The number of hydrogen-bond acceptors (Lipinski definition) is 9. The molecule has 1 saturated heterocycles. The van der Waals surface area contributed by atoms with Crippen LogP contribution < -0.4 is 16.4 Å². The molecule has 2 heterocycles. The van der Waals surface area contributed by atoms with Gasteiger partial charge in [0.05, 0.1) is 30.9 Å². The summed E-state index contributed by atoms with van der Waals surface area (Å²) in [5, 5.41) is 15.5. The zero-order valence-corrected chi connectivity index (χ0v) is 24.4. The standard InChI is InChI=1S/C30H38FN5O6/c1-19-28(40-4)18-41-27(17-33-19)29(37)34-23(16-32)13-22-6-5-20(14-24(22)31)21-7-8-26-25(15-21)36(30(38)42-26)10-9-35(2)11-12-39-3/h5-8,14-15,19,23,27-28,33H,9-13,17-18H2,1-4H3,(H,34,37). The molecular weight excluding hydrogens is 545 g/mol. The summed E-state index contributed by atoms with van der Waals surface area (Å²) >= 11 is 0.